The van der Waals surface area contributed by atoms with Crippen LogP contribution in [0.5, 0.6) is 11.5 Å². The number of nitrogens with zero attached hydrogens (tertiary/aromatic N) is 1. The number of oxime groups is 1. The van der Waals surface area contributed by atoms with Crippen LogP contribution in [0.15, 0.2) is 41.6 Å². The first-order valence-corrected chi connectivity index (χ1v) is 9.33. The van der Waals surface area contributed by atoms with E-state index in [4.69, 9.17) is 37.5 Å². The highest BCUT2D eigenvalue weighted by Gasteiger charge is 2.18. The second kappa shape index (κ2) is 10.2. The third-order valence-electron chi connectivity index (χ3n) is 3.62. The molecule has 2 rings (SSSR count). The lowest BCUT2D eigenvalue weighted by molar-refractivity contribution is -0.114. The third kappa shape index (κ3) is 5.53. The van der Waals surface area contributed by atoms with Crippen LogP contribution in [0.2, 0.25) is 10.0 Å². The van der Waals surface area contributed by atoms with Crippen molar-refractivity contribution in [3.8, 4) is 11.5 Å². The van der Waals surface area contributed by atoms with E-state index in [0.717, 1.165) is 5.56 Å². The number of amides is 1. The maximum atomic E-state index is 12.1. The monoisotopic (exact) mass is 424 g/mol. The van der Waals surface area contributed by atoms with Crippen molar-refractivity contribution in [1.82, 2.24) is 5.32 Å². The van der Waals surface area contributed by atoms with E-state index in [1.165, 1.54) is 14.2 Å². The summed E-state index contributed by atoms with van der Waals surface area (Å²) in [5.41, 5.74) is 1.50. The van der Waals surface area contributed by atoms with Gasteiger partial charge < -0.3 is 19.6 Å². The zero-order chi connectivity index (χ0) is 20.7. The highest BCUT2D eigenvalue weighted by molar-refractivity contribution is 6.45. The molecule has 0 saturated carbocycles. The molecule has 2 aromatic carbocycles. The summed E-state index contributed by atoms with van der Waals surface area (Å²) in [6.07, 6.45) is -0.0585. The molecule has 0 spiro atoms. The molecule has 0 aliphatic carbocycles. The number of carbonyl (C=O) groups excluding carboxylic acids is 1. The van der Waals surface area contributed by atoms with Crippen molar-refractivity contribution in [3.05, 3.63) is 57.6 Å². The van der Waals surface area contributed by atoms with E-state index in [2.05, 4.69) is 10.5 Å². The quantitative estimate of drug-likeness (QED) is 0.501. The van der Waals surface area contributed by atoms with E-state index in [-0.39, 0.29) is 24.3 Å². The second-order valence-electron chi connectivity index (χ2n) is 6.03. The van der Waals surface area contributed by atoms with Gasteiger partial charge >= 0.3 is 0 Å². The summed E-state index contributed by atoms with van der Waals surface area (Å²) in [4.78, 5) is 16.9. The van der Waals surface area contributed by atoms with Crippen LogP contribution in [0.1, 0.15) is 25.0 Å². The third-order valence-corrected chi connectivity index (χ3v) is 4.18. The molecule has 0 aromatic heterocycles. The van der Waals surface area contributed by atoms with Gasteiger partial charge in [0.2, 0.25) is 0 Å². The first-order valence-electron chi connectivity index (χ1n) is 8.57. The molecule has 6 nitrogen and oxygen atoms in total. The van der Waals surface area contributed by atoms with Crippen molar-refractivity contribution < 1.29 is 19.1 Å². The topological polar surface area (TPSA) is 69.2 Å². The molecule has 0 radical (unpaired) electrons. The van der Waals surface area contributed by atoms with Crippen LogP contribution < -0.4 is 14.8 Å². The molecule has 1 amide bonds. The van der Waals surface area contributed by atoms with Gasteiger partial charge in [0.1, 0.15) is 19.5 Å². The number of hydrogen-bond donors (Lipinski definition) is 1. The number of halogens is 2. The fourth-order valence-electron chi connectivity index (χ4n) is 2.43. The van der Waals surface area contributed by atoms with Gasteiger partial charge in [-0.15, -0.1) is 0 Å². The van der Waals surface area contributed by atoms with E-state index >= 15 is 0 Å². The van der Waals surface area contributed by atoms with Crippen LogP contribution in [-0.2, 0) is 16.2 Å². The number of benzene rings is 2. The van der Waals surface area contributed by atoms with Gasteiger partial charge in [0, 0.05) is 24.7 Å². The molecule has 0 bridgehead atoms. The lowest BCUT2D eigenvalue weighted by Crippen LogP contribution is -2.29. The number of carbonyl (C=O) groups is 1. The highest BCUT2D eigenvalue weighted by Crippen LogP contribution is 2.37. The Kier molecular flexibility index (Phi) is 7.96. The summed E-state index contributed by atoms with van der Waals surface area (Å²) in [5.74, 6) is 0.530. The Hall–Kier alpha value is -2.44. The fourth-order valence-corrected chi connectivity index (χ4v) is 2.99. The lowest BCUT2D eigenvalue weighted by Gasteiger charge is -2.15. The molecule has 0 heterocycles. The van der Waals surface area contributed by atoms with Crippen molar-refractivity contribution in [2.45, 2.75) is 26.6 Å². The van der Waals surface area contributed by atoms with E-state index in [0.29, 0.717) is 27.1 Å². The Morgan fingerprint density at radius 2 is 1.82 bits per heavy atom. The summed E-state index contributed by atoms with van der Waals surface area (Å²) in [7, 11) is 2.91. The van der Waals surface area contributed by atoms with Crippen LogP contribution in [0.4, 0.5) is 0 Å². The summed E-state index contributed by atoms with van der Waals surface area (Å²) in [6, 6.07) is 10.5. The number of hydrogen-bond acceptors (Lipinski definition) is 5. The molecule has 0 unspecified atom stereocenters. The van der Waals surface area contributed by atoms with Crippen LogP contribution in [0, 0.1) is 0 Å². The van der Waals surface area contributed by atoms with E-state index < -0.39 is 0 Å². The van der Waals surface area contributed by atoms with Crippen LogP contribution >= 0.6 is 23.2 Å². The molecule has 150 valence electrons. The zero-order valence-corrected chi connectivity index (χ0v) is 17.6. The number of rotatable bonds is 8. The maximum absolute atomic E-state index is 12.1. The van der Waals surface area contributed by atoms with Gasteiger partial charge in [0.25, 0.3) is 5.91 Å². The minimum atomic E-state index is -0.365. The Morgan fingerprint density at radius 3 is 2.39 bits per heavy atom. The Balaban J connectivity index is 2.26. The van der Waals surface area contributed by atoms with Gasteiger partial charge in [0.05, 0.1) is 16.1 Å². The van der Waals surface area contributed by atoms with Crippen molar-refractivity contribution in [1.29, 1.82) is 0 Å². The standard InChI is InChI=1S/C20H22Cl2N2O4/c1-12(2)28-19-16(21)9-14(10-17(19)22)27-11-13-7-5-6-8-15(13)18(24-26-4)20(25)23-3/h5-10,12H,11H2,1-4H3,(H,23,25). The molecule has 0 fully saturated rings. The smallest absolute Gasteiger partial charge is 0.273 e. The lowest BCUT2D eigenvalue weighted by atomic mass is 10.0. The minimum Gasteiger partial charge on any atom is -0.489 e. The molecule has 0 aliphatic rings. The van der Waals surface area contributed by atoms with E-state index in [1.54, 1.807) is 24.3 Å². The molecule has 0 saturated heterocycles. The molecule has 1 N–H and O–H groups in total. The molecule has 28 heavy (non-hydrogen) atoms. The molecule has 8 heteroatoms. The van der Waals surface area contributed by atoms with Crippen molar-refractivity contribution >= 4 is 34.8 Å². The van der Waals surface area contributed by atoms with Gasteiger partial charge in [-0.1, -0.05) is 52.6 Å². The van der Waals surface area contributed by atoms with Crippen LogP contribution in [0.25, 0.3) is 0 Å². The van der Waals surface area contributed by atoms with Crippen LogP contribution in [-0.4, -0.2) is 31.9 Å². The summed E-state index contributed by atoms with van der Waals surface area (Å²) in [6.45, 7) is 3.95. The first-order chi connectivity index (χ1) is 13.4. The number of nitrogens with one attached hydrogen (secondary N) is 1. The van der Waals surface area contributed by atoms with Gasteiger partial charge in [0.15, 0.2) is 11.5 Å². The van der Waals surface area contributed by atoms with Gasteiger partial charge in [-0.2, -0.15) is 0 Å². The van der Waals surface area contributed by atoms with Crippen molar-refractivity contribution in [2.75, 3.05) is 14.2 Å². The summed E-state index contributed by atoms with van der Waals surface area (Å²) >= 11 is 12.5. The second-order valence-corrected chi connectivity index (χ2v) is 6.84. The molecule has 2 aromatic rings. The van der Waals surface area contributed by atoms with Crippen LogP contribution in [0.3, 0.4) is 0 Å². The number of ether oxygens (including phenoxy) is 2. The Labute approximate surface area is 174 Å². The normalized spacial score (nSPS) is 11.3. The molecule has 0 aliphatic heterocycles. The fraction of sp³-hybridized carbons (Fsp3) is 0.300. The highest BCUT2D eigenvalue weighted by atomic mass is 35.5. The van der Waals surface area contributed by atoms with E-state index in [9.17, 15) is 4.79 Å². The average Bonchev–Trinajstić information content (AvgIpc) is 2.67. The van der Waals surface area contributed by atoms with Gasteiger partial charge in [-0.05, 0) is 19.4 Å². The maximum Gasteiger partial charge on any atom is 0.273 e. The SMILES string of the molecule is CNC(=O)C(=NOC)c1ccccc1COc1cc(Cl)c(OC(C)C)c(Cl)c1. The molecule has 0 atom stereocenters. The largest absolute Gasteiger partial charge is 0.489 e. The first kappa shape index (κ1) is 21.9. The van der Waals surface area contributed by atoms with E-state index in [1.807, 2.05) is 26.0 Å². The molecular formula is C20H22Cl2N2O4. The molecular weight excluding hydrogens is 403 g/mol. The summed E-state index contributed by atoms with van der Waals surface area (Å²) < 4.78 is 11.5. The zero-order valence-electron chi connectivity index (χ0n) is 16.1. The average molecular weight is 425 g/mol. The predicted molar refractivity (Wildman–Crippen MR) is 111 cm³/mol. The summed E-state index contributed by atoms with van der Waals surface area (Å²) in [5, 5.41) is 7.10. The number of likely N-dealkylation sites (N-methyl/N-ethyl adjacent to an activating group) is 1. The Bertz CT molecular complexity index is 846. The van der Waals surface area contributed by atoms with Gasteiger partial charge in [-0.3, -0.25) is 4.79 Å². The minimum absolute atomic E-state index is 0.0585. The Morgan fingerprint density at radius 1 is 1.18 bits per heavy atom. The predicted octanol–water partition coefficient (Wildman–Crippen LogP) is 4.46. The van der Waals surface area contributed by atoms with Crippen molar-refractivity contribution in [2.24, 2.45) is 5.16 Å². The van der Waals surface area contributed by atoms with Gasteiger partial charge in [-0.25, -0.2) is 0 Å². The van der Waals surface area contributed by atoms with Crippen molar-refractivity contribution in [3.63, 3.8) is 0 Å².